The lowest BCUT2D eigenvalue weighted by Crippen LogP contribution is -2.34. The van der Waals surface area contributed by atoms with E-state index in [-0.39, 0.29) is 0 Å². The molecule has 2 aromatic rings. The molecule has 1 aliphatic heterocycles. The fourth-order valence-corrected chi connectivity index (χ4v) is 3.46. The summed E-state index contributed by atoms with van der Waals surface area (Å²) in [7, 11) is 0. The van der Waals surface area contributed by atoms with E-state index < -0.39 is 0 Å². The molecule has 112 valence electrons. The maximum absolute atomic E-state index is 4.88. The number of pyridine rings is 1. The average Bonchev–Trinajstić information content (AvgIpc) is 3.28. The number of imidazole rings is 1. The van der Waals surface area contributed by atoms with Crippen molar-refractivity contribution in [2.24, 2.45) is 0 Å². The van der Waals surface area contributed by atoms with Crippen LogP contribution in [0.5, 0.6) is 0 Å². The Balaban J connectivity index is 1.60. The van der Waals surface area contributed by atoms with E-state index in [1.165, 1.54) is 56.5 Å². The molecule has 3 heterocycles. The minimum absolute atomic E-state index is 0.675. The van der Waals surface area contributed by atoms with Crippen LogP contribution in [0.4, 0.5) is 0 Å². The van der Waals surface area contributed by atoms with Gasteiger partial charge in [0.25, 0.3) is 0 Å². The third-order valence-corrected chi connectivity index (χ3v) is 4.81. The van der Waals surface area contributed by atoms with Crippen LogP contribution in [0.2, 0.25) is 0 Å². The second-order valence-corrected chi connectivity index (χ2v) is 6.69. The lowest BCUT2D eigenvalue weighted by atomic mass is 10.0. The summed E-state index contributed by atoms with van der Waals surface area (Å²) in [6.07, 6.45) is 9.77. The van der Waals surface area contributed by atoms with Crippen LogP contribution >= 0.6 is 0 Å². The van der Waals surface area contributed by atoms with E-state index in [0.29, 0.717) is 12.0 Å². The Morgan fingerprint density at radius 2 is 2.19 bits per heavy atom. The normalized spacial score (nSPS) is 22.8. The summed E-state index contributed by atoms with van der Waals surface area (Å²) in [6, 6.07) is 2.84. The van der Waals surface area contributed by atoms with Gasteiger partial charge in [0.15, 0.2) is 5.65 Å². The summed E-state index contributed by atoms with van der Waals surface area (Å²) in [4.78, 5) is 9.53. The Labute approximate surface area is 126 Å². The van der Waals surface area contributed by atoms with E-state index in [1.54, 1.807) is 0 Å². The van der Waals surface area contributed by atoms with E-state index in [2.05, 4.69) is 27.9 Å². The van der Waals surface area contributed by atoms with Gasteiger partial charge in [0, 0.05) is 24.7 Å². The Morgan fingerprint density at radius 1 is 1.29 bits per heavy atom. The molecular weight excluding hydrogens is 260 g/mol. The van der Waals surface area contributed by atoms with Crippen molar-refractivity contribution >= 4 is 11.2 Å². The number of aromatic nitrogens is 3. The molecule has 1 unspecified atom stereocenters. The van der Waals surface area contributed by atoms with Gasteiger partial charge < -0.3 is 9.88 Å². The molecule has 1 N–H and O–H groups in total. The van der Waals surface area contributed by atoms with Gasteiger partial charge in [-0.15, -0.1) is 0 Å². The van der Waals surface area contributed by atoms with Crippen molar-refractivity contribution in [3.8, 4) is 0 Å². The van der Waals surface area contributed by atoms with Crippen molar-refractivity contribution in [3.05, 3.63) is 23.7 Å². The minimum Gasteiger partial charge on any atom is -0.314 e. The Morgan fingerprint density at radius 3 is 2.95 bits per heavy atom. The third-order valence-electron chi connectivity index (χ3n) is 4.81. The summed E-state index contributed by atoms with van der Waals surface area (Å²) >= 11 is 0. The molecule has 2 fully saturated rings. The molecule has 0 amide bonds. The van der Waals surface area contributed by atoms with Crippen LogP contribution in [0.15, 0.2) is 12.3 Å². The molecule has 0 aromatic carbocycles. The zero-order chi connectivity index (χ0) is 14.2. The topological polar surface area (TPSA) is 42.7 Å². The van der Waals surface area contributed by atoms with Crippen molar-refractivity contribution in [1.29, 1.82) is 0 Å². The molecule has 2 aromatic heterocycles. The van der Waals surface area contributed by atoms with Crippen molar-refractivity contribution in [2.45, 2.75) is 64.0 Å². The minimum atomic E-state index is 0.675. The Bertz CT molecular complexity index is 636. The molecule has 1 saturated carbocycles. The number of piperidine rings is 1. The van der Waals surface area contributed by atoms with Crippen molar-refractivity contribution < 1.29 is 0 Å². The van der Waals surface area contributed by atoms with E-state index in [9.17, 15) is 0 Å². The van der Waals surface area contributed by atoms with Gasteiger partial charge in [-0.25, -0.2) is 9.97 Å². The molecule has 1 saturated heterocycles. The van der Waals surface area contributed by atoms with Crippen LogP contribution in [-0.2, 0) is 6.54 Å². The molecule has 4 nitrogen and oxygen atoms in total. The molecule has 4 rings (SSSR count). The number of fused-ring (bicyclic) bond motifs is 1. The predicted molar refractivity (Wildman–Crippen MR) is 84.5 cm³/mol. The third kappa shape index (κ3) is 2.69. The first-order valence-corrected chi connectivity index (χ1v) is 8.37. The highest BCUT2D eigenvalue weighted by Crippen LogP contribution is 2.40. The second kappa shape index (κ2) is 5.41. The first kappa shape index (κ1) is 13.3. The highest BCUT2D eigenvalue weighted by Gasteiger charge is 2.30. The number of nitrogens with zero attached hydrogens (tertiary/aromatic N) is 3. The highest BCUT2D eigenvalue weighted by molar-refractivity contribution is 5.72. The van der Waals surface area contributed by atoms with Crippen LogP contribution in [0.3, 0.4) is 0 Å². The quantitative estimate of drug-likeness (QED) is 0.938. The zero-order valence-corrected chi connectivity index (χ0v) is 12.8. The fraction of sp³-hybridized carbons (Fsp3) is 0.647. The molecule has 4 heteroatoms. The van der Waals surface area contributed by atoms with Gasteiger partial charge in [0.2, 0.25) is 0 Å². The van der Waals surface area contributed by atoms with Crippen LogP contribution in [0, 0.1) is 6.92 Å². The van der Waals surface area contributed by atoms with Gasteiger partial charge in [0.1, 0.15) is 11.3 Å². The van der Waals surface area contributed by atoms with E-state index in [4.69, 9.17) is 4.98 Å². The lowest BCUT2D eigenvalue weighted by Gasteiger charge is -2.23. The summed E-state index contributed by atoms with van der Waals surface area (Å²) in [5, 5.41) is 3.65. The maximum Gasteiger partial charge on any atom is 0.160 e. The summed E-state index contributed by atoms with van der Waals surface area (Å²) in [5.41, 5.74) is 3.36. The monoisotopic (exact) mass is 284 g/mol. The van der Waals surface area contributed by atoms with Gasteiger partial charge in [0.05, 0.1) is 0 Å². The second-order valence-electron chi connectivity index (χ2n) is 6.69. The molecule has 0 bridgehead atoms. The van der Waals surface area contributed by atoms with Crippen molar-refractivity contribution in [3.63, 3.8) is 0 Å². The van der Waals surface area contributed by atoms with Crippen molar-refractivity contribution in [2.75, 3.05) is 6.54 Å². The molecule has 0 spiro atoms. The number of aryl methyl sites for hydroxylation is 2. The predicted octanol–water partition coefficient (Wildman–Crippen LogP) is 3.15. The van der Waals surface area contributed by atoms with E-state index in [1.807, 2.05) is 6.20 Å². The number of nitrogens with one attached hydrogen (secondary N) is 1. The standard InChI is InChI=1S/C17H24N4/c1-12-10-15-17(19-11-12)21(16(20-15)13-5-6-13)9-7-14-4-2-3-8-18-14/h10-11,13-14,18H,2-9H2,1H3. The van der Waals surface area contributed by atoms with Crippen molar-refractivity contribution in [1.82, 2.24) is 19.9 Å². The largest absolute Gasteiger partial charge is 0.314 e. The molecule has 2 aliphatic rings. The van der Waals surface area contributed by atoms with Crippen LogP contribution in [0.1, 0.15) is 55.8 Å². The number of hydrogen-bond donors (Lipinski definition) is 1. The van der Waals surface area contributed by atoms with E-state index in [0.717, 1.165) is 17.7 Å². The lowest BCUT2D eigenvalue weighted by molar-refractivity contribution is 0.366. The van der Waals surface area contributed by atoms with Gasteiger partial charge >= 0.3 is 0 Å². The van der Waals surface area contributed by atoms with Gasteiger partial charge in [-0.05, 0) is 57.2 Å². The molecule has 1 atom stereocenters. The van der Waals surface area contributed by atoms with Crippen LogP contribution in [0.25, 0.3) is 11.2 Å². The van der Waals surface area contributed by atoms with Gasteiger partial charge in [-0.2, -0.15) is 0 Å². The summed E-state index contributed by atoms with van der Waals surface area (Å²) in [6.45, 7) is 4.33. The number of rotatable bonds is 4. The van der Waals surface area contributed by atoms with Crippen LogP contribution in [-0.4, -0.2) is 27.1 Å². The van der Waals surface area contributed by atoms with E-state index >= 15 is 0 Å². The molecule has 0 radical (unpaired) electrons. The molecule has 1 aliphatic carbocycles. The highest BCUT2D eigenvalue weighted by atomic mass is 15.1. The maximum atomic E-state index is 4.88. The SMILES string of the molecule is Cc1cnc2c(c1)nc(C1CC1)n2CCC1CCCCN1. The number of hydrogen-bond acceptors (Lipinski definition) is 3. The molecular formula is C17H24N4. The molecule has 21 heavy (non-hydrogen) atoms. The first-order chi connectivity index (χ1) is 10.3. The summed E-state index contributed by atoms with van der Waals surface area (Å²) in [5.74, 6) is 1.96. The smallest absolute Gasteiger partial charge is 0.160 e. The Kier molecular flexibility index (Phi) is 3.42. The zero-order valence-electron chi connectivity index (χ0n) is 12.8. The van der Waals surface area contributed by atoms with Gasteiger partial charge in [-0.3, -0.25) is 0 Å². The summed E-state index contributed by atoms with van der Waals surface area (Å²) < 4.78 is 2.39. The average molecular weight is 284 g/mol. The Hall–Kier alpha value is -1.42. The fourth-order valence-electron chi connectivity index (χ4n) is 3.46. The van der Waals surface area contributed by atoms with Gasteiger partial charge in [-0.1, -0.05) is 6.42 Å². The van der Waals surface area contributed by atoms with Crippen LogP contribution < -0.4 is 5.32 Å². The first-order valence-electron chi connectivity index (χ1n) is 8.37.